The van der Waals surface area contributed by atoms with Crippen LogP contribution < -0.4 is 4.72 Å². The second kappa shape index (κ2) is 6.46. The van der Waals surface area contributed by atoms with E-state index in [9.17, 15) is 23.3 Å². The quantitative estimate of drug-likeness (QED) is 0.615. The first-order valence-corrected chi connectivity index (χ1v) is 8.28. The molecule has 0 radical (unpaired) electrons. The molecule has 2 rings (SSSR count). The number of nitro groups is 1. The zero-order valence-electron chi connectivity index (χ0n) is 12.2. The van der Waals surface area contributed by atoms with E-state index in [1.54, 1.807) is 6.92 Å². The number of hydrogen-bond acceptors (Lipinski definition) is 5. The van der Waals surface area contributed by atoms with Gasteiger partial charge in [0.05, 0.1) is 15.4 Å². The lowest BCUT2D eigenvalue weighted by Gasteiger charge is -2.10. The van der Waals surface area contributed by atoms with Crippen molar-refractivity contribution in [3.05, 3.63) is 62.7 Å². The molecule has 126 valence electrons. The maximum absolute atomic E-state index is 12.4. The zero-order valence-corrected chi connectivity index (χ0v) is 13.8. The number of carbonyl (C=O) groups is 1. The number of benzene rings is 2. The van der Waals surface area contributed by atoms with Crippen molar-refractivity contribution in [3.63, 3.8) is 0 Å². The summed E-state index contributed by atoms with van der Waals surface area (Å²) >= 11 is 5.90. The van der Waals surface area contributed by atoms with Gasteiger partial charge >= 0.3 is 5.97 Å². The number of aryl methyl sites for hydroxylation is 1. The molecule has 0 heterocycles. The average molecular weight is 371 g/mol. The van der Waals surface area contributed by atoms with Crippen LogP contribution in [-0.2, 0) is 10.0 Å². The Bertz CT molecular complexity index is 942. The fraction of sp³-hybridized carbons (Fsp3) is 0.0714. The summed E-state index contributed by atoms with van der Waals surface area (Å²) in [6.07, 6.45) is 0. The minimum Gasteiger partial charge on any atom is -0.478 e. The van der Waals surface area contributed by atoms with Crippen LogP contribution in [0, 0.1) is 17.0 Å². The van der Waals surface area contributed by atoms with E-state index in [4.69, 9.17) is 16.7 Å². The lowest BCUT2D eigenvalue weighted by atomic mass is 10.2. The molecule has 0 aliphatic rings. The number of hydrogen-bond donors (Lipinski definition) is 2. The molecule has 8 nitrogen and oxygen atoms in total. The molecule has 0 amide bonds. The summed E-state index contributed by atoms with van der Waals surface area (Å²) in [6.45, 7) is 1.55. The monoisotopic (exact) mass is 370 g/mol. The molecule has 0 spiro atoms. The second-order valence-corrected chi connectivity index (χ2v) is 6.90. The zero-order chi connectivity index (χ0) is 18.1. The second-order valence-electron chi connectivity index (χ2n) is 4.81. The van der Waals surface area contributed by atoms with E-state index >= 15 is 0 Å². The highest BCUT2D eigenvalue weighted by molar-refractivity contribution is 7.92. The van der Waals surface area contributed by atoms with Crippen molar-refractivity contribution >= 4 is 39.0 Å². The van der Waals surface area contributed by atoms with Crippen LogP contribution in [0.15, 0.2) is 41.3 Å². The molecule has 0 aliphatic carbocycles. The molecule has 0 saturated heterocycles. The maximum atomic E-state index is 12.4. The largest absolute Gasteiger partial charge is 0.478 e. The van der Waals surface area contributed by atoms with Crippen LogP contribution in [0.1, 0.15) is 15.9 Å². The molecule has 0 bridgehead atoms. The summed E-state index contributed by atoms with van der Waals surface area (Å²) in [6, 6.07) is 6.89. The predicted molar refractivity (Wildman–Crippen MR) is 87.1 cm³/mol. The summed E-state index contributed by atoms with van der Waals surface area (Å²) in [5.74, 6) is -1.29. The number of carboxylic acid groups (broad SMARTS) is 1. The number of halogens is 1. The van der Waals surface area contributed by atoms with Gasteiger partial charge in [0.25, 0.3) is 15.7 Å². The van der Waals surface area contributed by atoms with Gasteiger partial charge in [-0.15, -0.1) is 0 Å². The molecule has 2 aromatic rings. The van der Waals surface area contributed by atoms with Gasteiger partial charge in [0.1, 0.15) is 5.69 Å². The molecule has 2 aromatic carbocycles. The molecule has 0 aromatic heterocycles. The summed E-state index contributed by atoms with van der Waals surface area (Å²) in [7, 11) is -4.23. The van der Waals surface area contributed by atoms with Crippen molar-refractivity contribution < 1.29 is 23.2 Å². The molecule has 24 heavy (non-hydrogen) atoms. The number of rotatable bonds is 5. The lowest BCUT2D eigenvalue weighted by Crippen LogP contribution is -2.15. The van der Waals surface area contributed by atoms with Gasteiger partial charge in [-0.25, -0.2) is 13.2 Å². The van der Waals surface area contributed by atoms with E-state index in [2.05, 4.69) is 4.72 Å². The van der Waals surface area contributed by atoms with E-state index in [-0.39, 0.29) is 21.2 Å². The predicted octanol–water partition coefficient (Wildman–Crippen LogP) is 3.06. The minimum absolute atomic E-state index is 0.151. The van der Waals surface area contributed by atoms with E-state index < -0.39 is 26.6 Å². The normalized spacial score (nSPS) is 11.1. The van der Waals surface area contributed by atoms with Gasteiger partial charge in [-0.2, -0.15) is 0 Å². The Labute approximate surface area is 141 Å². The van der Waals surface area contributed by atoms with E-state index in [0.717, 1.165) is 18.2 Å². The van der Waals surface area contributed by atoms with E-state index in [0.29, 0.717) is 5.56 Å². The van der Waals surface area contributed by atoms with Crippen molar-refractivity contribution in [1.82, 2.24) is 0 Å². The Hall–Kier alpha value is -2.65. The van der Waals surface area contributed by atoms with Crippen molar-refractivity contribution in [2.24, 2.45) is 0 Å². The highest BCUT2D eigenvalue weighted by Crippen LogP contribution is 2.32. The summed E-state index contributed by atoms with van der Waals surface area (Å²) in [5, 5.41) is 20.2. The SMILES string of the molecule is Cc1cc([N+](=O)[O-])c(NS(=O)(=O)c2cccc(C(=O)O)c2)cc1Cl. The number of sulfonamides is 1. The van der Waals surface area contributed by atoms with Gasteiger partial charge in [-0.1, -0.05) is 17.7 Å². The fourth-order valence-electron chi connectivity index (χ4n) is 1.90. The smallest absolute Gasteiger partial charge is 0.335 e. The highest BCUT2D eigenvalue weighted by atomic mass is 35.5. The summed E-state index contributed by atoms with van der Waals surface area (Å²) in [5.41, 5.74) is -0.584. The molecule has 0 atom stereocenters. The lowest BCUT2D eigenvalue weighted by molar-refractivity contribution is -0.383. The van der Waals surface area contributed by atoms with Crippen molar-refractivity contribution in [3.8, 4) is 0 Å². The topological polar surface area (TPSA) is 127 Å². The highest BCUT2D eigenvalue weighted by Gasteiger charge is 2.23. The maximum Gasteiger partial charge on any atom is 0.335 e. The molecule has 10 heteroatoms. The van der Waals surface area contributed by atoms with Crippen LogP contribution in [0.3, 0.4) is 0 Å². The van der Waals surface area contributed by atoms with Crippen LogP contribution in [0.5, 0.6) is 0 Å². The van der Waals surface area contributed by atoms with Crippen molar-refractivity contribution in [2.45, 2.75) is 11.8 Å². The first kappa shape index (κ1) is 17.7. The van der Waals surface area contributed by atoms with Crippen LogP contribution >= 0.6 is 11.6 Å². The average Bonchev–Trinajstić information content (AvgIpc) is 2.50. The number of carboxylic acids is 1. The first-order chi connectivity index (χ1) is 11.1. The minimum atomic E-state index is -4.23. The van der Waals surface area contributed by atoms with Crippen LogP contribution in [-0.4, -0.2) is 24.4 Å². The van der Waals surface area contributed by atoms with Gasteiger partial charge in [0, 0.05) is 11.1 Å². The number of nitrogens with one attached hydrogen (secondary N) is 1. The van der Waals surface area contributed by atoms with Crippen molar-refractivity contribution in [1.29, 1.82) is 0 Å². The number of anilines is 1. The Kier molecular flexibility index (Phi) is 4.76. The standard InChI is InChI=1S/C14H11ClN2O6S/c1-8-5-13(17(20)21)12(7-11(8)15)16-24(22,23)10-4-2-3-9(6-10)14(18)19/h2-7,16H,1H3,(H,18,19). The molecule has 2 N–H and O–H groups in total. The molecule has 0 unspecified atom stereocenters. The van der Waals surface area contributed by atoms with Gasteiger partial charge < -0.3 is 5.11 Å². The van der Waals surface area contributed by atoms with Gasteiger partial charge in [0.15, 0.2) is 0 Å². The van der Waals surface area contributed by atoms with Crippen LogP contribution in [0.25, 0.3) is 0 Å². The third-order valence-corrected chi connectivity index (χ3v) is 4.88. The Morgan fingerprint density at radius 2 is 1.96 bits per heavy atom. The number of nitrogens with zero attached hydrogens (tertiary/aromatic N) is 1. The first-order valence-electron chi connectivity index (χ1n) is 6.42. The van der Waals surface area contributed by atoms with Gasteiger partial charge in [0.2, 0.25) is 0 Å². The van der Waals surface area contributed by atoms with Gasteiger partial charge in [-0.3, -0.25) is 14.8 Å². The van der Waals surface area contributed by atoms with E-state index in [1.165, 1.54) is 18.2 Å². The summed E-state index contributed by atoms with van der Waals surface area (Å²) in [4.78, 5) is 21.0. The Balaban J connectivity index is 2.50. The summed E-state index contributed by atoms with van der Waals surface area (Å²) < 4.78 is 26.8. The number of aromatic carboxylic acids is 1. The third kappa shape index (κ3) is 3.63. The van der Waals surface area contributed by atoms with E-state index in [1.807, 2.05) is 0 Å². The van der Waals surface area contributed by atoms with Gasteiger partial charge in [-0.05, 0) is 36.8 Å². The molecular weight excluding hydrogens is 360 g/mol. The van der Waals surface area contributed by atoms with Crippen LogP contribution in [0.2, 0.25) is 5.02 Å². The Morgan fingerprint density at radius 1 is 1.29 bits per heavy atom. The molecule has 0 aliphatic heterocycles. The van der Waals surface area contributed by atoms with Crippen LogP contribution in [0.4, 0.5) is 11.4 Å². The Morgan fingerprint density at radius 3 is 2.54 bits per heavy atom. The number of nitro benzene ring substituents is 1. The molecule has 0 fully saturated rings. The molecular formula is C14H11ClN2O6S. The third-order valence-electron chi connectivity index (χ3n) is 3.11. The van der Waals surface area contributed by atoms with Crippen molar-refractivity contribution in [2.75, 3.05) is 4.72 Å². The fourth-order valence-corrected chi connectivity index (χ4v) is 3.17. The molecule has 0 saturated carbocycles.